The molecule has 2 heterocycles. The molecule has 8 nitrogen and oxygen atoms in total. The average molecular weight is 392 g/mol. The van der Waals surface area contributed by atoms with Crippen LogP contribution in [0.25, 0.3) is 11.4 Å². The van der Waals surface area contributed by atoms with Gasteiger partial charge < -0.3 is 10.6 Å². The van der Waals surface area contributed by atoms with Crippen molar-refractivity contribution >= 4 is 23.2 Å². The number of amides is 2. The fourth-order valence-electron chi connectivity index (χ4n) is 3.59. The van der Waals surface area contributed by atoms with Crippen molar-refractivity contribution in [1.29, 1.82) is 0 Å². The molecule has 146 valence electrons. The summed E-state index contributed by atoms with van der Waals surface area (Å²) in [4.78, 5) is 24.9. The minimum absolute atomic E-state index is 0.00405. The van der Waals surface area contributed by atoms with Gasteiger partial charge in [0.15, 0.2) is 5.82 Å². The van der Waals surface area contributed by atoms with Crippen molar-refractivity contribution in [2.45, 2.75) is 31.2 Å². The van der Waals surface area contributed by atoms with Crippen molar-refractivity contribution in [2.75, 3.05) is 10.6 Å². The zero-order chi connectivity index (χ0) is 20.0. The van der Waals surface area contributed by atoms with Crippen LogP contribution >= 0.6 is 0 Å². The zero-order valence-corrected chi connectivity index (χ0v) is 15.3. The van der Waals surface area contributed by atoms with Crippen molar-refractivity contribution in [2.24, 2.45) is 0 Å². The number of rotatable bonds is 4. The van der Waals surface area contributed by atoms with Crippen molar-refractivity contribution in [3.05, 3.63) is 53.8 Å². The normalized spacial score (nSPS) is 18.1. The van der Waals surface area contributed by atoms with Gasteiger partial charge in [-0.2, -0.15) is 0 Å². The summed E-state index contributed by atoms with van der Waals surface area (Å²) in [5.74, 6) is -1.15. The molecule has 0 spiro atoms. The fraction of sp³-hybridized carbons (Fsp3) is 0.250. The van der Waals surface area contributed by atoms with E-state index in [0.29, 0.717) is 28.8 Å². The topological polar surface area (TPSA) is 102 Å². The Bertz CT molecular complexity index is 1120. The SMILES string of the molecule is O=C1C[C@H](C(=O)Nc2cccc(-c3nnnn3C3CC3)c2)c2ccc(F)cc2N1. The highest BCUT2D eigenvalue weighted by Crippen LogP contribution is 2.37. The van der Waals surface area contributed by atoms with E-state index in [-0.39, 0.29) is 18.2 Å². The molecule has 1 atom stereocenters. The van der Waals surface area contributed by atoms with Gasteiger partial charge in [-0.25, -0.2) is 9.07 Å². The number of fused-ring (bicyclic) bond motifs is 1. The standard InChI is InChI=1S/C20H17FN6O2/c21-12-4-7-15-16(10-18(28)23-17(15)9-12)20(29)22-13-3-1-2-11(8-13)19-24-25-26-27(19)14-5-6-14/h1-4,7-9,14,16H,5-6,10H2,(H,22,29)(H,23,28)/t16-/m0/s1. The summed E-state index contributed by atoms with van der Waals surface area (Å²) < 4.78 is 15.3. The van der Waals surface area contributed by atoms with E-state index in [1.807, 2.05) is 12.1 Å². The van der Waals surface area contributed by atoms with Crippen molar-refractivity contribution in [1.82, 2.24) is 20.2 Å². The number of carbonyl (C=O) groups excluding carboxylic acids is 2. The number of anilines is 2. The molecular formula is C20H17FN6O2. The lowest BCUT2D eigenvalue weighted by molar-refractivity contribution is -0.123. The van der Waals surface area contributed by atoms with E-state index in [1.54, 1.807) is 16.8 Å². The second-order valence-corrected chi connectivity index (χ2v) is 7.28. The quantitative estimate of drug-likeness (QED) is 0.711. The van der Waals surface area contributed by atoms with E-state index in [9.17, 15) is 14.0 Å². The summed E-state index contributed by atoms with van der Waals surface area (Å²) in [6.45, 7) is 0. The number of benzene rings is 2. The predicted octanol–water partition coefficient (Wildman–Crippen LogP) is 2.88. The van der Waals surface area contributed by atoms with E-state index in [0.717, 1.165) is 18.4 Å². The van der Waals surface area contributed by atoms with Crippen molar-refractivity contribution < 1.29 is 14.0 Å². The van der Waals surface area contributed by atoms with Crippen LogP contribution in [0.3, 0.4) is 0 Å². The van der Waals surface area contributed by atoms with Crippen LogP contribution in [0.2, 0.25) is 0 Å². The Hall–Kier alpha value is -3.62. The van der Waals surface area contributed by atoms with Crippen molar-refractivity contribution in [3.8, 4) is 11.4 Å². The lowest BCUT2D eigenvalue weighted by atomic mass is 9.89. The van der Waals surface area contributed by atoms with E-state index in [4.69, 9.17) is 0 Å². The first-order chi connectivity index (χ1) is 14.1. The van der Waals surface area contributed by atoms with E-state index in [2.05, 4.69) is 26.2 Å². The summed E-state index contributed by atoms with van der Waals surface area (Å²) in [5, 5.41) is 17.4. The smallest absolute Gasteiger partial charge is 0.232 e. The Morgan fingerprint density at radius 2 is 2.07 bits per heavy atom. The molecule has 1 fully saturated rings. The van der Waals surface area contributed by atoms with Crippen LogP contribution in [-0.4, -0.2) is 32.0 Å². The first kappa shape index (κ1) is 17.5. The molecule has 1 aliphatic carbocycles. The summed E-state index contributed by atoms with van der Waals surface area (Å²) >= 11 is 0. The largest absolute Gasteiger partial charge is 0.326 e. The lowest BCUT2D eigenvalue weighted by Gasteiger charge is -2.25. The van der Waals surface area contributed by atoms with Gasteiger partial charge >= 0.3 is 0 Å². The number of nitrogens with zero attached hydrogens (tertiary/aromatic N) is 4. The molecule has 2 aromatic carbocycles. The third-order valence-electron chi connectivity index (χ3n) is 5.14. The molecule has 0 unspecified atom stereocenters. The first-order valence-electron chi connectivity index (χ1n) is 9.37. The van der Waals surface area contributed by atoms with Crippen LogP contribution in [-0.2, 0) is 9.59 Å². The Kier molecular flexibility index (Phi) is 4.08. The van der Waals surface area contributed by atoms with Gasteiger partial charge in [0.05, 0.1) is 12.0 Å². The summed E-state index contributed by atoms with van der Waals surface area (Å²) in [6.07, 6.45) is 2.11. The maximum atomic E-state index is 13.5. The predicted molar refractivity (Wildman–Crippen MR) is 103 cm³/mol. The number of hydrogen-bond donors (Lipinski definition) is 2. The first-order valence-corrected chi connectivity index (χ1v) is 9.37. The van der Waals surface area contributed by atoms with Crippen molar-refractivity contribution in [3.63, 3.8) is 0 Å². The maximum absolute atomic E-state index is 13.5. The van der Waals surface area contributed by atoms with Gasteiger partial charge in [0.2, 0.25) is 11.8 Å². The Balaban J connectivity index is 1.40. The number of carbonyl (C=O) groups is 2. The molecule has 9 heteroatoms. The van der Waals surface area contributed by atoms with E-state index < -0.39 is 11.7 Å². The van der Waals surface area contributed by atoms with E-state index in [1.165, 1.54) is 18.2 Å². The molecule has 0 radical (unpaired) electrons. The third kappa shape index (κ3) is 3.35. The molecule has 2 amide bonds. The van der Waals surface area contributed by atoms with Gasteiger partial charge in [-0.05, 0) is 53.1 Å². The average Bonchev–Trinajstić information content (AvgIpc) is 3.43. The number of aromatic nitrogens is 4. The summed E-state index contributed by atoms with van der Waals surface area (Å²) in [6, 6.07) is 11.6. The zero-order valence-electron chi connectivity index (χ0n) is 15.3. The molecule has 1 aliphatic heterocycles. The molecular weight excluding hydrogens is 375 g/mol. The van der Waals surface area contributed by atoms with Crippen LogP contribution < -0.4 is 10.6 Å². The Labute approximate surface area is 165 Å². The molecule has 5 rings (SSSR count). The molecule has 0 saturated heterocycles. The monoisotopic (exact) mass is 392 g/mol. The van der Waals surface area contributed by atoms with Crippen LogP contribution in [0.4, 0.5) is 15.8 Å². The van der Waals surface area contributed by atoms with Gasteiger partial charge in [0.1, 0.15) is 5.82 Å². The maximum Gasteiger partial charge on any atom is 0.232 e. The molecule has 2 aliphatic rings. The number of halogens is 1. The molecule has 1 saturated carbocycles. The summed E-state index contributed by atoms with van der Waals surface area (Å²) in [5.41, 5.74) is 2.30. The highest BCUT2D eigenvalue weighted by molar-refractivity contribution is 6.05. The minimum Gasteiger partial charge on any atom is -0.326 e. The van der Waals surface area contributed by atoms with Crippen LogP contribution in [0, 0.1) is 5.82 Å². The van der Waals surface area contributed by atoms with Crippen LogP contribution in [0.1, 0.15) is 36.8 Å². The van der Waals surface area contributed by atoms with Gasteiger partial charge in [0.25, 0.3) is 0 Å². The van der Waals surface area contributed by atoms with Gasteiger partial charge in [0, 0.05) is 23.4 Å². The van der Waals surface area contributed by atoms with Gasteiger partial charge in [-0.1, -0.05) is 18.2 Å². The number of tetrazole rings is 1. The van der Waals surface area contributed by atoms with Crippen LogP contribution in [0.5, 0.6) is 0 Å². The Morgan fingerprint density at radius 3 is 2.90 bits per heavy atom. The van der Waals surface area contributed by atoms with Crippen LogP contribution in [0.15, 0.2) is 42.5 Å². The van der Waals surface area contributed by atoms with Gasteiger partial charge in [-0.15, -0.1) is 5.10 Å². The molecule has 0 bridgehead atoms. The van der Waals surface area contributed by atoms with Gasteiger partial charge in [-0.3, -0.25) is 9.59 Å². The molecule has 3 aromatic rings. The second kappa shape index (κ2) is 6.77. The highest BCUT2D eigenvalue weighted by Gasteiger charge is 2.31. The molecule has 1 aromatic heterocycles. The van der Waals surface area contributed by atoms with E-state index >= 15 is 0 Å². The third-order valence-corrected chi connectivity index (χ3v) is 5.14. The number of hydrogen-bond acceptors (Lipinski definition) is 5. The highest BCUT2D eigenvalue weighted by atomic mass is 19.1. The second-order valence-electron chi connectivity index (χ2n) is 7.28. The fourth-order valence-corrected chi connectivity index (χ4v) is 3.59. The number of nitrogens with one attached hydrogen (secondary N) is 2. The molecule has 2 N–H and O–H groups in total. The lowest BCUT2D eigenvalue weighted by Crippen LogP contribution is -2.30. The molecule has 29 heavy (non-hydrogen) atoms. The Morgan fingerprint density at radius 1 is 1.21 bits per heavy atom. The minimum atomic E-state index is -0.695. The summed E-state index contributed by atoms with van der Waals surface area (Å²) in [7, 11) is 0.